The molecule has 6 nitrogen and oxygen atoms in total. The van der Waals surface area contributed by atoms with Gasteiger partial charge in [0.25, 0.3) is 15.9 Å². The number of hydrogen-bond donors (Lipinski definition) is 2. The number of rotatable bonds is 8. The standard InChI is InChI=1S/C23H24FN3O3S/c1-16(2)13-26-23(28)18-7-6-8-19(12-18)31(29,30)27-15-17(14-25-3)11-22(27)20-9-4-5-10-21(20)24/h4-12,15,25H,1,13-14H2,2-3H3,(H,26,28). The van der Waals surface area contributed by atoms with Crippen molar-refractivity contribution in [3.8, 4) is 11.3 Å². The van der Waals surface area contributed by atoms with Crippen molar-refractivity contribution in [2.75, 3.05) is 13.6 Å². The van der Waals surface area contributed by atoms with Gasteiger partial charge in [-0.2, -0.15) is 0 Å². The van der Waals surface area contributed by atoms with Gasteiger partial charge in [0.15, 0.2) is 0 Å². The number of nitrogens with one attached hydrogen (secondary N) is 2. The molecule has 0 saturated carbocycles. The van der Waals surface area contributed by atoms with E-state index < -0.39 is 21.7 Å². The maximum Gasteiger partial charge on any atom is 0.268 e. The molecule has 31 heavy (non-hydrogen) atoms. The molecule has 3 aromatic rings. The molecule has 0 aliphatic heterocycles. The quantitative estimate of drug-likeness (QED) is 0.524. The van der Waals surface area contributed by atoms with Crippen molar-refractivity contribution in [1.82, 2.24) is 14.6 Å². The summed E-state index contributed by atoms with van der Waals surface area (Å²) >= 11 is 0. The molecule has 2 N–H and O–H groups in total. The van der Waals surface area contributed by atoms with Crippen LogP contribution in [0.1, 0.15) is 22.8 Å². The first kappa shape index (κ1) is 22.5. The Balaban J connectivity index is 2.08. The highest BCUT2D eigenvalue weighted by Gasteiger charge is 2.24. The Labute approximate surface area is 181 Å². The SMILES string of the molecule is C=C(C)CNC(=O)c1cccc(S(=O)(=O)n2cc(CNC)cc2-c2ccccc2F)c1. The van der Waals surface area contributed by atoms with Crippen molar-refractivity contribution in [3.63, 3.8) is 0 Å². The molecule has 0 fully saturated rings. The average Bonchev–Trinajstić information content (AvgIpc) is 3.17. The van der Waals surface area contributed by atoms with Gasteiger partial charge in [0.1, 0.15) is 5.82 Å². The van der Waals surface area contributed by atoms with E-state index in [0.717, 1.165) is 9.55 Å². The van der Waals surface area contributed by atoms with Crippen molar-refractivity contribution < 1.29 is 17.6 Å². The van der Waals surface area contributed by atoms with Crippen LogP contribution >= 0.6 is 0 Å². The minimum atomic E-state index is -4.09. The highest BCUT2D eigenvalue weighted by Crippen LogP contribution is 2.29. The van der Waals surface area contributed by atoms with Crippen molar-refractivity contribution in [3.05, 3.63) is 89.9 Å². The lowest BCUT2D eigenvalue weighted by Gasteiger charge is -2.12. The fourth-order valence-corrected chi connectivity index (χ4v) is 4.54. The first-order valence-corrected chi connectivity index (χ1v) is 11.1. The number of nitrogens with zero attached hydrogens (tertiary/aromatic N) is 1. The highest BCUT2D eigenvalue weighted by atomic mass is 32.2. The molecule has 0 saturated heterocycles. The summed E-state index contributed by atoms with van der Waals surface area (Å²) in [5, 5.41) is 5.65. The first-order chi connectivity index (χ1) is 14.7. The minimum absolute atomic E-state index is 0.0697. The molecule has 0 atom stereocenters. The Morgan fingerprint density at radius 3 is 2.55 bits per heavy atom. The van der Waals surface area contributed by atoms with Crippen molar-refractivity contribution in [2.24, 2.45) is 0 Å². The molecule has 8 heteroatoms. The van der Waals surface area contributed by atoms with Gasteiger partial charge in [-0.25, -0.2) is 16.8 Å². The largest absolute Gasteiger partial charge is 0.348 e. The van der Waals surface area contributed by atoms with Crippen LogP contribution in [0.4, 0.5) is 4.39 Å². The van der Waals surface area contributed by atoms with Crippen molar-refractivity contribution >= 4 is 15.9 Å². The second kappa shape index (κ2) is 9.28. The van der Waals surface area contributed by atoms with Crippen molar-refractivity contribution in [2.45, 2.75) is 18.4 Å². The predicted molar refractivity (Wildman–Crippen MR) is 119 cm³/mol. The third-order valence-corrected chi connectivity index (χ3v) is 6.25. The van der Waals surface area contributed by atoms with Gasteiger partial charge in [0.05, 0.1) is 10.6 Å². The van der Waals surface area contributed by atoms with Gasteiger partial charge < -0.3 is 10.6 Å². The van der Waals surface area contributed by atoms with Crippen LogP contribution in [0.2, 0.25) is 0 Å². The molecule has 1 aromatic heterocycles. The second-order valence-electron chi connectivity index (χ2n) is 7.21. The Kier molecular flexibility index (Phi) is 6.72. The minimum Gasteiger partial charge on any atom is -0.348 e. The summed E-state index contributed by atoms with van der Waals surface area (Å²) in [5.41, 5.74) is 2.04. The molecule has 162 valence electrons. The second-order valence-corrected chi connectivity index (χ2v) is 9.03. The Bertz CT molecular complexity index is 1230. The van der Waals surface area contributed by atoms with Gasteiger partial charge in [-0.3, -0.25) is 4.79 Å². The van der Waals surface area contributed by atoms with Crippen LogP contribution in [0.5, 0.6) is 0 Å². The molecule has 2 aromatic carbocycles. The fourth-order valence-electron chi connectivity index (χ4n) is 3.11. The van der Waals surface area contributed by atoms with E-state index in [0.29, 0.717) is 12.1 Å². The molecule has 0 spiro atoms. The van der Waals surface area contributed by atoms with E-state index in [1.54, 1.807) is 32.2 Å². The number of aromatic nitrogens is 1. The molecule has 0 aliphatic carbocycles. The maximum atomic E-state index is 14.5. The summed E-state index contributed by atoms with van der Waals surface area (Å²) < 4.78 is 42.5. The number of carbonyl (C=O) groups is 1. The van der Waals surface area contributed by atoms with Gasteiger partial charge in [-0.15, -0.1) is 0 Å². The van der Waals surface area contributed by atoms with Gasteiger partial charge >= 0.3 is 0 Å². The number of carbonyl (C=O) groups excluding carboxylic acids is 1. The van der Waals surface area contributed by atoms with E-state index >= 15 is 0 Å². The summed E-state index contributed by atoms with van der Waals surface area (Å²) in [6, 6.07) is 13.4. The molecule has 1 amide bonds. The summed E-state index contributed by atoms with van der Waals surface area (Å²) in [6.07, 6.45) is 1.46. The van der Waals surface area contributed by atoms with Crippen LogP contribution in [0, 0.1) is 5.82 Å². The number of amides is 1. The van der Waals surface area contributed by atoms with Gasteiger partial charge in [0.2, 0.25) is 0 Å². The summed E-state index contributed by atoms with van der Waals surface area (Å²) in [4.78, 5) is 12.3. The summed E-state index contributed by atoms with van der Waals surface area (Å²) in [7, 11) is -2.36. The van der Waals surface area contributed by atoms with E-state index in [4.69, 9.17) is 0 Å². The monoisotopic (exact) mass is 441 g/mol. The Morgan fingerprint density at radius 2 is 1.87 bits per heavy atom. The van der Waals surface area contributed by atoms with E-state index in [2.05, 4.69) is 17.2 Å². The van der Waals surface area contributed by atoms with E-state index in [-0.39, 0.29) is 28.3 Å². The first-order valence-electron chi connectivity index (χ1n) is 9.63. The molecule has 0 radical (unpaired) electrons. The third-order valence-electron chi connectivity index (χ3n) is 4.58. The number of halogens is 1. The van der Waals surface area contributed by atoms with Gasteiger partial charge in [-0.1, -0.05) is 30.4 Å². The smallest absolute Gasteiger partial charge is 0.268 e. The van der Waals surface area contributed by atoms with E-state index in [9.17, 15) is 17.6 Å². The molecule has 0 unspecified atom stereocenters. The lowest BCUT2D eigenvalue weighted by molar-refractivity contribution is 0.0957. The zero-order chi connectivity index (χ0) is 22.6. The topological polar surface area (TPSA) is 80.2 Å². The summed E-state index contributed by atoms with van der Waals surface area (Å²) in [6.45, 7) is 6.21. The summed E-state index contributed by atoms with van der Waals surface area (Å²) in [5.74, 6) is -0.932. The zero-order valence-corrected chi connectivity index (χ0v) is 18.2. The average molecular weight is 442 g/mol. The Morgan fingerprint density at radius 1 is 1.13 bits per heavy atom. The van der Waals surface area contributed by atoms with Gasteiger partial charge in [0, 0.05) is 30.4 Å². The van der Waals surface area contributed by atoms with Crippen LogP contribution < -0.4 is 10.6 Å². The highest BCUT2D eigenvalue weighted by molar-refractivity contribution is 7.90. The van der Waals surface area contributed by atoms with Crippen LogP contribution in [0.3, 0.4) is 0 Å². The van der Waals surface area contributed by atoms with E-state index in [1.807, 2.05) is 0 Å². The van der Waals surface area contributed by atoms with Gasteiger partial charge in [-0.05, 0) is 55.9 Å². The van der Waals surface area contributed by atoms with Crippen LogP contribution in [0.15, 0.2) is 77.8 Å². The molecule has 0 aliphatic rings. The molecule has 0 bridgehead atoms. The maximum absolute atomic E-state index is 14.5. The van der Waals surface area contributed by atoms with Crippen LogP contribution in [-0.4, -0.2) is 31.9 Å². The lowest BCUT2D eigenvalue weighted by atomic mass is 10.1. The fraction of sp³-hybridized carbons (Fsp3) is 0.174. The molecule has 1 heterocycles. The van der Waals surface area contributed by atoms with Crippen LogP contribution in [0.25, 0.3) is 11.3 Å². The van der Waals surface area contributed by atoms with E-state index in [1.165, 1.54) is 42.6 Å². The molecular formula is C23H24FN3O3S. The lowest BCUT2D eigenvalue weighted by Crippen LogP contribution is -2.25. The van der Waals surface area contributed by atoms with Crippen molar-refractivity contribution in [1.29, 1.82) is 0 Å². The third kappa shape index (κ3) is 4.92. The predicted octanol–water partition coefficient (Wildman–Crippen LogP) is 3.56. The number of benzene rings is 2. The molecular weight excluding hydrogens is 417 g/mol. The molecule has 3 rings (SSSR count). The van der Waals surface area contributed by atoms with Crippen LogP contribution in [-0.2, 0) is 16.6 Å². The zero-order valence-electron chi connectivity index (χ0n) is 17.4. The normalized spacial score (nSPS) is 11.3. The Hall–Kier alpha value is -3.23. The number of hydrogen-bond acceptors (Lipinski definition) is 4.